The number of anilines is 1. The molecule has 0 radical (unpaired) electrons. The van der Waals surface area contributed by atoms with Crippen LogP contribution in [-0.2, 0) is 4.79 Å². The summed E-state index contributed by atoms with van der Waals surface area (Å²) in [5.74, 6) is -1.73. The van der Waals surface area contributed by atoms with Gasteiger partial charge in [-0.15, -0.1) is 0 Å². The van der Waals surface area contributed by atoms with Gasteiger partial charge in [0.05, 0.1) is 24.3 Å². The monoisotopic (exact) mass is 330 g/mol. The molecule has 6 heteroatoms. The topological polar surface area (TPSA) is 73.1 Å². The van der Waals surface area contributed by atoms with Crippen LogP contribution >= 0.6 is 11.6 Å². The third-order valence-corrected chi connectivity index (χ3v) is 4.11. The van der Waals surface area contributed by atoms with Crippen molar-refractivity contribution in [3.05, 3.63) is 65.2 Å². The van der Waals surface area contributed by atoms with Crippen molar-refractivity contribution in [2.24, 2.45) is 11.0 Å². The molecule has 118 valence electrons. The van der Waals surface area contributed by atoms with Gasteiger partial charge in [0.25, 0.3) is 0 Å². The number of halogens is 1. The van der Waals surface area contributed by atoms with Crippen LogP contribution in [0.5, 0.6) is 0 Å². The Bertz CT molecular complexity index is 731. The molecule has 0 amide bonds. The summed E-state index contributed by atoms with van der Waals surface area (Å²) in [7, 11) is 0. The minimum absolute atomic E-state index is 0.0451. The zero-order valence-electron chi connectivity index (χ0n) is 12.1. The van der Waals surface area contributed by atoms with E-state index in [4.69, 9.17) is 11.6 Å². The van der Waals surface area contributed by atoms with E-state index in [0.29, 0.717) is 5.02 Å². The molecule has 0 fully saturated rings. The molecule has 0 spiro atoms. The molecule has 0 aromatic heterocycles. The van der Waals surface area contributed by atoms with Crippen LogP contribution in [0.25, 0.3) is 0 Å². The fourth-order valence-corrected chi connectivity index (χ4v) is 2.92. The minimum Gasteiger partial charge on any atom is -0.477 e. The molecule has 2 atom stereocenters. The van der Waals surface area contributed by atoms with E-state index < -0.39 is 11.9 Å². The summed E-state index contributed by atoms with van der Waals surface area (Å²) in [6.45, 7) is -0.297. The summed E-state index contributed by atoms with van der Waals surface area (Å²) >= 11 is 5.92. The van der Waals surface area contributed by atoms with Gasteiger partial charge in [-0.25, -0.2) is 4.79 Å². The van der Waals surface area contributed by atoms with Crippen LogP contribution in [0.1, 0.15) is 11.6 Å². The fourth-order valence-electron chi connectivity index (χ4n) is 2.80. The first-order valence-corrected chi connectivity index (χ1v) is 7.52. The van der Waals surface area contributed by atoms with Crippen molar-refractivity contribution in [1.29, 1.82) is 0 Å². The maximum atomic E-state index is 11.5. The Morgan fingerprint density at radius 3 is 2.35 bits per heavy atom. The molecule has 23 heavy (non-hydrogen) atoms. The van der Waals surface area contributed by atoms with Gasteiger partial charge in [-0.3, -0.25) is 5.01 Å². The van der Waals surface area contributed by atoms with E-state index in [1.807, 2.05) is 30.3 Å². The van der Waals surface area contributed by atoms with Crippen LogP contribution in [0.15, 0.2) is 59.7 Å². The van der Waals surface area contributed by atoms with E-state index in [-0.39, 0.29) is 18.4 Å². The minimum atomic E-state index is -1.12. The van der Waals surface area contributed by atoms with Gasteiger partial charge in [-0.1, -0.05) is 41.9 Å². The summed E-state index contributed by atoms with van der Waals surface area (Å²) in [4.78, 5) is 11.5. The summed E-state index contributed by atoms with van der Waals surface area (Å²) in [5.41, 5.74) is 1.57. The molecule has 0 saturated heterocycles. The number of hydrogen-bond acceptors (Lipinski definition) is 4. The third-order valence-electron chi connectivity index (χ3n) is 3.86. The van der Waals surface area contributed by atoms with Gasteiger partial charge in [0, 0.05) is 5.02 Å². The van der Waals surface area contributed by atoms with Gasteiger partial charge < -0.3 is 10.2 Å². The highest BCUT2D eigenvalue weighted by molar-refractivity contribution is 6.37. The number of hydrazone groups is 1. The lowest BCUT2D eigenvalue weighted by molar-refractivity contribution is -0.129. The number of rotatable bonds is 4. The number of benzene rings is 2. The number of aliphatic hydroxyl groups is 1. The lowest BCUT2D eigenvalue weighted by Gasteiger charge is -2.27. The SMILES string of the molecule is O=C(O)C1=NN(c2ccc(Cl)cc2)C(c2ccccc2)C1CO. The third kappa shape index (κ3) is 2.93. The van der Waals surface area contributed by atoms with E-state index >= 15 is 0 Å². The highest BCUT2D eigenvalue weighted by Gasteiger charge is 2.41. The Morgan fingerprint density at radius 2 is 1.78 bits per heavy atom. The van der Waals surface area contributed by atoms with Crippen molar-refractivity contribution in [3.63, 3.8) is 0 Å². The lowest BCUT2D eigenvalue weighted by Crippen LogP contribution is -2.30. The molecule has 3 rings (SSSR count). The first-order valence-electron chi connectivity index (χ1n) is 7.14. The van der Waals surface area contributed by atoms with Crippen LogP contribution in [0.3, 0.4) is 0 Å². The van der Waals surface area contributed by atoms with E-state index in [1.165, 1.54) is 0 Å². The zero-order valence-corrected chi connectivity index (χ0v) is 12.9. The molecular formula is C17H15ClN2O3. The van der Waals surface area contributed by atoms with Crippen LogP contribution in [0.2, 0.25) is 5.02 Å². The van der Waals surface area contributed by atoms with Crippen molar-refractivity contribution >= 4 is 29.0 Å². The molecule has 0 bridgehead atoms. The molecule has 2 unspecified atom stereocenters. The van der Waals surface area contributed by atoms with Crippen molar-refractivity contribution in [1.82, 2.24) is 0 Å². The predicted octanol–water partition coefficient (Wildman–Crippen LogP) is 2.95. The van der Waals surface area contributed by atoms with E-state index in [2.05, 4.69) is 5.10 Å². The van der Waals surface area contributed by atoms with Crippen LogP contribution < -0.4 is 5.01 Å². The van der Waals surface area contributed by atoms with Gasteiger partial charge in [0.1, 0.15) is 0 Å². The molecule has 2 aromatic carbocycles. The number of aliphatic carboxylic acids is 1. The summed E-state index contributed by atoms with van der Waals surface area (Å²) in [5, 5.41) is 25.6. The Labute approximate surface area is 138 Å². The largest absolute Gasteiger partial charge is 0.477 e. The van der Waals surface area contributed by atoms with Gasteiger partial charge >= 0.3 is 5.97 Å². The number of carboxylic acid groups (broad SMARTS) is 1. The number of nitrogens with zero attached hydrogens (tertiary/aromatic N) is 2. The Morgan fingerprint density at radius 1 is 1.13 bits per heavy atom. The van der Waals surface area contributed by atoms with Crippen LogP contribution in [-0.4, -0.2) is 28.5 Å². The van der Waals surface area contributed by atoms with Gasteiger partial charge in [-0.05, 0) is 29.8 Å². The highest BCUT2D eigenvalue weighted by Crippen LogP contribution is 2.39. The van der Waals surface area contributed by atoms with Gasteiger partial charge in [0.15, 0.2) is 5.71 Å². The van der Waals surface area contributed by atoms with Crippen molar-refractivity contribution < 1.29 is 15.0 Å². The Kier molecular flexibility index (Phi) is 4.32. The van der Waals surface area contributed by atoms with Crippen molar-refractivity contribution in [2.45, 2.75) is 6.04 Å². The van der Waals surface area contributed by atoms with E-state index in [9.17, 15) is 15.0 Å². The van der Waals surface area contributed by atoms with Crippen LogP contribution in [0, 0.1) is 5.92 Å². The molecule has 5 nitrogen and oxygen atoms in total. The molecule has 2 aromatic rings. The molecule has 0 saturated carbocycles. The van der Waals surface area contributed by atoms with Gasteiger partial charge in [-0.2, -0.15) is 5.10 Å². The van der Waals surface area contributed by atoms with Crippen LogP contribution in [0.4, 0.5) is 5.69 Å². The molecule has 2 N–H and O–H groups in total. The number of hydrogen-bond donors (Lipinski definition) is 2. The molecule has 1 heterocycles. The zero-order chi connectivity index (χ0) is 16.4. The average molecular weight is 331 g/mol. The number of carbonyl (C=O) groups is 1. The first kappa shape index (κ1) is 15.5. The first-order chi connectivity index (χ1) is 11.1. The lowest BCUT2D eigenvalue weighted by atomic mass is 9.90. The standard InChI is InChI=1S/C17H15ClN2O3/c18-12-6-8-13(9-7-12)20-16(11-4-2-1-3-5-11)14(10-21)15(19-20)17(22)23/h1-9,14,16,21H,10H2,(H,22,23). The Hall–Kier alpha value is -2.37. The second kappa shape index (κ2) is 6.40. The molecule has 1 aliphatic heterocycles. The normalized spacial score (nSPS) is 20.4. The molecule has 1 aliphatic rings. The predicted molar refractivity (Wildman–Crippen MR) is 88.8 cm³/mol. The second-order valence-corrected chi connectivity index (χ2v) is 5.69. The van der Waals surface area contributed by atoms with Gasteiger partial charge in [0.2, 0.25) is 0 Å². The fraction of sp³-hybridized carbons (Fsp3) is 0.176. The highest BCUT2D eigenvalue weighted by atomic mass is 35.5. The second-order valence-electron chi connectivity index (χ2n) is 5.26. The van der Waals surface area contributed by atoms with Crippen molar-refractivity contribution in [2.75, 3.05) is 11.6 Å². The summed E-state index contributed by atoms with van der Waals surface area (Å²) in [6.07, 6.45) is 0. The maximum absolute atomic E-state index is 11.5. The van der Waals surface area contributed by atoms with E-state index in [1.54, 1.807) is 29.3 Å². The maximum Gasteiger partial charge on any atom is 0.352 e. The summed E-state index contributed by atoms with van der Waals surface area (Å²) in [6, 6.07) is 16.1. The molecule has 0 aliphatic carbocycles. The number of carboxylic acids is 1. The quantitative estimate of drug-likeness (QED) is 0.904. The van der Waals surface area contributed by atoms with Crippen molar-refractivity contribution in [3.8, 4) is 0 Å². The smallest absolute Gasteiger partial charge is 0.352 e. The average Bonchev–Trinajstić information content (AvgIpc) is 2.96. The van der Waals surface area contributed by atoms with E-state index in [0.717, 1.165) is 11.3 Å². The number of aliphatic hydroxyl groups excluding tert-OH is 1. The summed E-state index contributed by atoms with van der Waals surface area (Å²) < 4.78 is 0. The molecular weight excluding hydrogens is 316 g/mol. The Balaban J connectivity index is 2.09.